The molecule has 1 N–H and O–H groups in total. The van der Waals surface area contributed by atoms with Crippen molar-refractivity contribution in [2.45, 2.75) is 26.7 Å². The quantitative estimate of drug-likeness (QED) is 0.911. The fourth-order valence-electron chi connectivity index (χ4n) is 1.82. The summed E-state index contributed by atoms with van der Waals surface area (Å²) in [6.07, 6.45) is 1.35. The second-order valence-electron chi connectivity index (χ2n) is 4.24. The van der Waals surface area contributed by atoms with Crippen LogP contribution in [0.5, 0.6) is 11.8 Å². The highest BCUT2D eigenvalue weighted by atomic mass is 19.1. The Labute approximate surface area is 120 Å². The van der Waals surface area contributed by atoms with Gasteiger partial charge in [0.05, 0.1) is 11.4 Å². The molecule has 2 rings (SSSR count). The minimum absolute atomic E-state index is 0.0306. The molecule has 0 amide bonds. The Morgan fingerprint density at radius 2 is 1.95 bits per heavy atom. The summed E-state index contributed by atoms with van der Waals surface area (Å²) in [4.78, 5) is 15.3. The number of aryl methyl sites for hydroxylation is 2. The third-order valence-corrected chi connectivity index (χ3v) is 2.86. The van der Waals surface area contributed by atoms with Gasteiger partial charge in [0.15, 0.2) is 0 Å². The van der Waals surface area contributed by atoms with E-state index in [1.54, 1.807) is 0 Å². The molecule has 0 aliphatic rings. The molecule has 0 aliphatic carbocycles. The molecule has 7 heteroatoms. The maximum atomic E-state index is 13.1. The van der Waals surface area contributed by atoms with Gasteiger partial charge in [-0.05, 0) is 31.0 Å². The molecule has 21 heavy (non-hydrogen) atoms. The van der Waals surface area contributed by atoms with Gasteiger partial charge in [-0.25, -0.2) is 9.18 Å². The van der Waals surface area contributed by atoms with E-state index in [0.717, 1.165) is 23.5 Å². The summed E-state index contributed by atoms with van der Waals surface area (Å²) in [5.41, 5.74) is 1.21. The Balaban J connectivity index is 2.36. The summed E-state index contributed by atoms with van der Waals surface area (Å²) < 4.78 is 18.4. The number of carboxylic acids is 1. The van der Waals surface area contributed by atoms with Gasteiger partial charge in [0, 0.05) is 0 Å². The van der Waals surface area contributed by atoms with Gasteiger partial charge in [0.25, 0.3) is 0 Å². The molecular weight excluding hydrogens is 277 g/mol. The van der Waals surface area contributed by atoms with E-state index < -0.39 is 11.8 Å². The molecule has 2 aromatic rings. The molecule has 0 saturated carbocycles. The maximum Gasteiger partial charge on any atom is 0.341 e. The molecule has 110 valence electrons. The van der Waals surface area contributed by atoms with E-state index in [9.17, 15) is 9.18 Å². The number of halogens is 1. The Morgan fingerprint density at radius 3 is 2.57 bits per heavy atom. The van der Waals surface area contributed by atoms with Crippen LogP contribution in [0.15, 0.2) is 18.2 Å². The van der Waals surface area contributed by atoms with E-state index in [4.69, 9.17) is 9.84 Å². The number of ether oxygens (including phenoxy) is 1. The van der Waals surface area contributed by atoms with Crippen molar-refractivity contribution in [2.24, 2.45) is 0 Å². The van der Waals surface area contributed by atoms with Gasteiger partial charge in [0.1, 0.15) is 17.1 Å². The monoisotopic (exact) mass is 291 g/mol. The number of benzene rings is 1. The van der Waals surface area contributed by atoms with Crippen molar-refractivity contribution in [2.75, 3.05) is 0 Å². The first-order valence-corrected chi connectivity index (χ1v) is 6.48. The van der Waals surface area contributed by atoms with Crippen molar-refractivity contribution < 1.29 is 19.0 Å². The number of aromatic nitrogens is 3. The molecule has 0 bridgehead atoms. The zero-order chi connectivity index (χ0) is 15.4. The average molecular weight is 291 g/mol. The van der Waals surface area contributed by atoms with Gasteiger partial charge in [-0.1, -0.05) is 18.9 Å². The molecule has 6 nitrogen and oxygen atoms in total. The summed E-state index contributed by atoms with van der Waals surface area (Å²) in [7, 11) is 0. The molecule has 1 aromatic heterocycles. The number of aromatic carboxylic acids is 1. The first kappa shape index (κ1) is 14.8. The van der Waals surface area contributed by atoms with E-state index in [1.807, 2.05) is 13.8 Å². The first-order valence-electron chi connectivity index (χ1n) is 6.48. The van der Waals surface area contributed by atoms with Crippen LogP contribution in [-0.2, 0) is 12.8 Å². The molecule has 0 unspecified atom stereocenters. The lowest BCUT2D eigenvalue weighted by molar-refractivity contribution is 0.0693. The maximum absolute atomic E-state index is 13.1. The first-order chi connectivity index (χ1) is 10.0. The standard InChI is InChI=1S/C14H14FN3O3/c1-3-10-11(4-2)17-18-14(16-10)21-12-6-5-8(15)7-9(12)13(19)20/h5-7H,3-4H2,1-2H3,(H,19,20). The van der Waals surface area contributed by atoms with Crippen LogP contribution in [-0.4, -0.2) is 26.3 Å². The summed E-state index contributed by atoms with van der Waals surface area (Å²) in [5, 5.41) is 16.9. The summed E-state index contributed by atoms with van der Waals surface area (Å²) in [6.45, 7) is 3.86. The normalized spacial score (nSPS) is 10.4. The Hall–Kier alpha value is -2.57. The highest BCUT2D eigenvalue weighted by Gasteiger charge is 2.15. The Bertz CT molecular complexity index is 677. The molecule has 1 aromatic carbocycles. The fourth-order valence-corrected chi connectivity index (χ4v) is 1.82. The second kappa shape index (κ2) is 6.25. The van der Waals surface area contributed by atoms with Crippen molar-refractivity contribution in [3.63, 3.8) is 0 Å². The highest BCUT2D eigenvalue weighted by molar-refractivity contribution is 5.90. The number of carbonyl (C=O) groups is 1. The zero-order valence-electron chi connectivity index (χ0n) is 11.6. The fraction of sp³-hybridized carbons (Fsp3) is 0.286. The Morgan fingerprint density at radius 1 is 1.24 bits per heavy atom. The summed E-state index contributed by atoms with van der Waals surface area (Å²) in [6, 6.07) is 3.16. The van der Waals surface area contributed by atoms with Crippen LogP contribution in [0.25, 0.3) is 0 Å². The number of nitrogens with zero attached hydrogens (tertiary/aromatic N) is 3. The van der Waals surface area contributed by atoms with Gasteiger partial charge in [-0.15, -0.1) is 5.10 Å². The van der Waals surface area contributed by atoms with Crippen molar-refractivity contribution >= 4 is 5.97 Å². The van der Waals surface area contributed by atoms with Gasteiger partial charge in [0.2, 0.25) is 0 Å². The molecule has 0 spiro atoms. The van der Waals surface area contributed by atoms with Crippen LogP contribution in [0.2, 0.25) is 0 Å². The predicted octanol–water partition coefficient (Wildman–Crippen LogP) is 2.63. The molecule has 0 fully saturated rings. The van der Waals surface area contributed by atoms with Crippen LogP contribution in [0.3, 0.4) is 0 Å². The van der Waals surface area contributed by atoms with Crippen LogP contribution in [0.4, 0.5) is 4.39 Å². The van der Waals surface area contributed by atoms with Crippen molar-refractivity contribution in [3.8, 4) is 11.8 Å². The summed E-state index contributed by atoms with van der Waals surface area (Å²) >= 11 is 0. The predicted molar refractivity (Wildman–Crippen MR) is 72.0 cm³/mol. The minimum atomic E-state index is -1.29. The molecule has 0 aliphatic heterocycles. The van der Waals surface area contributed by atoms with Gasteiger partial charge in [-0.3, -0.25) is 0 Å². The molecular formula is C14H14FN3O3. The average Bonchev–Trinajstić information content (AvgIpc) is 2.48. The highest BCUT2D eigenvalue weighted by Crippen LogP contribution is 2.24. The third-order valence-electron chi connectivity index (χ3n) is 2.86. The van der Waals surface area contributed by atoms with E-state index >= 15 is 0 Å². The second-order valence-corrected chi connectivity index (χ2v) is 4.24. The van der Waals surface area contributed by atoms with E-state index in [2.05, 4.69) is 15.2 Å². The summed E-state index contributed by atoms with van der Waals surface area (Å²) in [5.74, 6) is -1.98. The molecule has 0 atom stereocenters. The smallest absolute Gasteiger partial charge is 0.341 e. The van der Waals surface area contributed by atoms with Crippen molar-refractivity contribution in [1.29, 1.82) is 0 Å². The molecule has 1 heterocycles. The number of rotatable bonds is 5. The number of carboxylic acid groups (broad SMARTS) is 1. The third kappa shape index (κ3) is 3.31. The SMILES string of the molecule is CCc1nnc(Oc2ccc(F)cc2C(=O)O)nc1CC. The van der Waals surface area contributed by atoms with Gasteiger partial charge in [-0.2, -0.15) is 4.98 Å². The number of hydrogen-bond donors (Lipinski definition) is 1. The lowest BCUT2D eigenvalue weighted by atomic mass is 10.2. The van der Waals surface area contributed by atoms with Crippen molar-refractivity contribution in [1.82, 2.24) is 15.2 Å². The van der Waals surface area contributed by atoms with Gasteiger partial charge < -0.3 is 9.84 Å². The largest absolute Gasteiger partial charge is 0.478 e. The van der Waals surface area contributed by atoms with Crippen LogP contribution in [0.1, 0.15) is 35.6 Å². The topological polar surface area (TPSA) is 85.2 Å². The van der Waals surface area contributed by atoms with Gasteiger partial charge >= 0.3 is 12.0 Å². The lowest BCUT2D eigenvalue weighted by Gasteiger charge is -2.09. The van der Waals surface area contributed by atoms with E-state index in [0.29, 0.717) is 12.8 Å². The lowest BCUT2D eigenvalue weighted by Crippen LogP contribution is -2.06. The van der Waals surface area contributed by atoms with Crippen LogP contribution < -0.4 is 4.74 Å². The number of hydrogen-bond acceptors (Lipinski definition) is 5. The van der Waals surface area contributed by atoms with E-state index in [1.165, 1.54) is 6.07 Å². The van der Waals surface area contributed by atoms with Crippen LogP contribution >= 0.6 is 0 Å². The molecule has 0 radical (unpaired) electrons. The van der Waals surface area contributed by atoms with E-state index in [-0.39, 0.29) is 17.3 Å². The van der Waals surface area contributed by atoms with Crippen LogP contribution in [0, 0.1) is 5.82 Å². The zero-order valence-corrected chi connectivity index (χ0v) is 11.6. The van der Waals surface area contributed by atoms with Crippen molar-refractivity contribution in [3.05, 3.63) is 41.0 Å². The minimum Gasteiger partial charge on any atom is -0.478 e. The molecule has 0 saturated heterocycles. The Kier molecular flexibility index (Phi) is 4.42.